The minimum absolute atomic E-state index is 0.126. The van der Waals surface area contributed by atoms with Crippen LogP contribution in [0, 0.1) is 6.92 Å². The standard InChI is InChI=1S/C25H30ClN3O4/c1-20-27-8-9-29(20)11-13-32-23-6-2-4-21(14-23)16-28-10-12-31-18-25(30,17-28)19-33-24-7-3-5-22(26)15-24/h2-9,14-15,30H,10-13,16-19H2,1H3/t25-/m1/s1. The molecule has 0 radical (unpaired) electrons. The lowest BCUT2D eigenvalue weighted by Gasteiger charge is -2.30. The summed E-state index contributed by atoms with van der Waals surface area (Å²) in [4.78, 5) is 6.41. The summed E-state index contributed by atoms with van der Waals surface area (Å²) in [6.45, 7) is 6.05. The molecule has 0 saturated carbocycles. The van der Waals surface area contributed by atoms with Crippen LogP contribution < -0.4 is 9.47 Å². The average molecular weight is 472 g/mol. The highest BCUT2D eigenvalue weighted by Gasteiger charge is 2.33. The SMILES string of the molecule is Cc1nccn1CCOc1cccc(CN2CCOC[C@@](O)(COc3cccc(Cl)c3)C2)c1. The Bertz CT molecular complexity index is 1040. The third kappa shape index (κ3) is 6.95. The first-order valence-corrected chi connectivity index (χ1v) is 11.5. The maximum absolute atomic E-state index is 11.2. The molecule has 1 saturated heterocycles. The predicted octanol–water partition coefficient (Wildman–Crippen LogP) is 3.57. The van der Waals surface area contributed by atoms with Crippen LogP contribution in [0.25, 0.3) is 0 Å². The lowest BCUT2D eigenvalue weighted by molar-refractivity contribution is -0.0646. The van der Waals surface area contributed by atoms with E-state index in [2.05, 4.69) is 20.5 Å². The average Bonchev–Trinajstić information content (AvgIpc) is 3.10. The van der Waals surface area contributed by atoms with Crippen LogP contribution in [0.2, 0.25) is 5.02 Å². The number of nitrogens with zero attached hydrogens (tertiary/aromatic N) is 3. The summed E-state index contributed by atoms with van der Waals surface area (Å²) in [5.74, 6) is 2.43. The Morgan fingerprint density at radius 2 is 1.97 bits per heavy atom. The van der Waals surface area contributed by atoms with Crippen molar-refractivity contribution in [1.82, 2.24) is 14.5 Å². The van der Waals surface area contributed by atoms with Gasteiger partial charge in [0.05, 0.1) is 19.8 Å². The summed E-state index contributed by atoms with van der Waals surface area (Å²) >= 11 is 6.03. The molecule has 33 heavy (non-hydrogen) atoms. The molecule has 0 unspecified atom stereocenters. The van der Waals surface area contributed by atoms with Gasteiger partial charge in [-0.1, -0.05) is 29.8 Å². The number of benzene rings is 2. The van der Waals surface area contributed by atoms with E-state index in [9.17, 15) is 5.11 Å². The zero-order valence-corrected chi connectivity index (χ0v) is 19.6. The van der Waals surface area contributed by atoms with Crippen molar-refractivity contribution in [3.63, 3.8) is 0 Å². The Labute approximate surface area is 199 Å². The van der Waals surface area contributed by atoms with Crippen LogP contribution >= 0.6 is 11.6 Å². The van der Waals surface area contributed by atoms with E-state index in [-0.39, 0.29) is 13.2 Å². The molecular formula is C25H30ClN3O4. The molecule has 3 aromatic rings. The quantitative estimate of drug-likeness (QED) is 0.514. The molecule has 2 heterocycles. The summed E-state index contributed by atoms with van der Waals surface area (Å²) in [6.07, 6.45) is 3.75. The second-order valence-electron chi connectivity index (χ2n) is 8.40. The Balaban J connectivity index is 1.32. The summed E-state index contributed by atoms with van der Waals surface area (Å²) < 4.78 is 19.5. The molecule has 1 atom stereocenters. The van der Waals surface area contributed by atoms with Gasteiger partial charge in [0, 0.05) is 37.1 Å². The lowest BCUT2D eigenvalue weighted by Crippen LogP contribution is -2.48. The summed E-state index contributed by atoms with van der Waals surface area (Å²) in [5, 5.41) is 11.8. The number of hydrogen-bond donors (Lipinski definition) is 1. The number of aromatic nitrogens is 2. The minimum atomic E-state index is -1.12. The van der Waals surface area contributed by atoms with Crippen LogP contribution in [0.15, 0.2) is 60.9 Å². The van der Waals surface area contributed by atoms with Gasteiger partial charge >= 0.3 is 0 Å². The number of rotatable bonds is 9. The van der Waals surface area contributed by atoms with Crippen molar-refractivity contribution >= 4 is 11.6 Å². The van der Waals surface area contributed by atoms with E-state index in [0.717, 1.165) is 30.2 Å². The van der Waals surface area contributed by atoms with Crippen LogP contribution in [0.5, 0.6) is 11.5 Å². The molecule has 1 aromatic heterocycles. The molecular weight excluding hydrogens is 442 g/mol. The van der Waals surface area contributed by atoms with Crippen molar-refractivity contribution in [2.75, 3.05) is 39.5 Å². The summed E-state index contributed by atoms with van der Waals surface area (Å²) in [7, 11) is 0. The van der Waals surface area contributed by atoms with E-state index >= 15 is 0 Å². The predicted molar refractivity (Wildman–Crippen MR) is 127 cm³/mol. The van der Waals surface area contributed by atoms with Crippen LogP contribution in [-0.2, 0) is 17.8 Å². The topological polar surface area (TPSA) is 69.0 Å². The monoisotopic (exact) mass is 471 g/mol. The van der Waals surface area contributed by atoms with Gasteiger partial charge in [0.25, 0.3) is 0 Å². The number of hydrogen-bond acceptors (Lipinski definition) is 6. The van der Waals surface area contributed by atoms with Crippen LogP contribution in [-0.4, -0.2) is 64.7 Å². The molecule has 8 heteroatoms. The molecule has 0 amide bonds. The number of aryl methyl sites for hydroxylation is 1. The van der Waals surface area contributed by atoms with E-state index in [1.807, 2.05) is 43.5 Å². The molecule has 2 aromatic carbocycles. The second kappa shape index (κ2) is 11.0. The molecule has 0 aliphatic carbocycles. The minimum Gasteiger partial charge on any atom is -0.492 e. The molecule has 1 fully saturated rings. The maximum Gasteiger partial charge on any atom is 0.134 e. The highest BCUT2D eigenvalue weighted by Crippen LogP contribution is 2.22. The van der Waals surface area contributed by atoms with E-state index < -0.39 is 5.60 Å². The Morgan fingerprint density at radius 3 is 2.76 bits per heavy atom. The molecule has 0 bridgehead atoms. The van der Waals surface area contributed by atoms with Gasteiger partial charge in [-0.25, -0.2) is 4.98 Å². The van der Waals surface area contributed by atoms with Crippen molar-refractivity contribution < 1.29 is 19.3 Å². The number of ether oxygens (including phenoxy) is 3. The Kier molecular flexibility index (Phi) is 7.88. The van der Waals surface area contributed by atoms with Gasteiger partial charge in [-0.15, -0.1) is 0 Å². The van der Waals surface area contributed by atoms with Crippen LogP contribution in [0.4, 0.5) is 0 Å². The van der Waals surface area contributed by atoms with E-state index in [4.69, 9.17) is 25.8 Å². The zero-order chi connectivity index (χ0) is 23.1. The number of β-amino-alcohol motifs (C(OH)–C–C–N with tert-alkyl or cyclic N) is 1. The Morgan fingerprint density at radius 1 is 1.15 bits per heavy atom. The molecule has 176 valence electrons. The van der Waals surface area contributed by atoms with Gasteiger partial charge in [-0.3, -0.25) is 4.90 Å². The Hall–Kier alpha value is -2.58. The molecule has 0 spiro atoms. The van der Waals surface area contributed by atoms with E-state index in [1.165, 1.54) is 0 Å². The van der Waals surface area contributed by atoms with Crippen molar-refractivity contribution in [3.8, 4) is 11.5 Å². The number of imidazole rings is 1. The van der Waals surface area contributed by atoms with Crippen LogP contribution in [0.1, 0.15) is 11.4 Å². The summed E-state index contributed by atoms with van der Waals surface area (Å²) in [5.41, 5.74) is 0.00148. The van der Waals surface area contributed by atoms with Gasteiger partial charge in [0.2, 0.25) is 0 Å². The first kappa shape index (κ1) is 23.6. The highest BCUT2D eigenvalue weighted by molar-refractivity contribution is 6.30. The molecule has 1 aliphatic rings. The van der Waals surface area contributed by atoms with E-state index in [0.29, 0.717) is 37.1 Å². The fourth-order valence-corrected chi connectivity index (χ4v) is 4.07. The largest absolute Gasteiger partial charge is 0.492 e. The number of halogens is 1. The molecule has 7 nitrogen and oxygen atoms in total. The second-order valence-corrected chi connectivity index (χ2v) is 8.83. The summed E-state index contributed by atoms with van der Waals surface area (Å²) in [6, 6.07) is 15.2. The fraction of sp³-hybridized carbons (Fsp3) is 0.400. The van der Waals surface area contributed by atoms with Gasteiger partial charge in [0.15, 0.2) is 0 Å². The lowest BCUT2D eigenvalue weighted by atomic mass is 10.1. The third-order valence-electron chi connectivity index (χ3n) is 5.57. The van der Waals surface area contributed by atoms with Gasteiger partial charge in [-0.05, 0) is 42.8 Å². The van der Waals surface area contributed by atoms with Crippen molar-refractivity contribution in [3.05, 3.63) is 77.3 Å². The van der Waals surface area contributed by atoms with Crippen molar-refractivity contribution in [2.45, 2.75) is 25.6 Å². The molecule has 4 rings (SSSR count). The highest BCUT2D eigenvalue weighted by atomic mass is 35.5. The first-order chi connectivity index (χ1) is 16.0. The smallest absolute Gasteiger partial charge is 0.134 e. The first-order valence-electron chi connectivity index (χ1n) is 11.1. The van der Waals surface area contributed by atoms with Crippen molar-refractivity contribution in [2.24, 2.45) is 0 Å². The van der Waals surface area contributed by atoms with Gasteiger partial charge in [0.1, 0.15) is 36.1 Å². The van der Waals surface area contributed by atoms with Gasteiger partial charge < -0.3 is 23.9 Å². The van der Waals surface area contributed by atoms with Crippen molar-refractivity contribution in [1.29, 1.82) is 0 Å². The zero-order valence-electron chi connectivity index (χ0n) is 18.8. The third-order valence-corrected chi connectivity index (χ3v) is 5.81. The fourth-order valence-electron chi connectivity index (χ4n) is 3.89. The molecule has 1 aliphatic heterocycles. The maximum atomic E-state index is 11.2. The normalized spacial score (nSPS) is 19.2. The van der Waals surface area contributed by atoms with E-state index in [1.54, 1.807) is 18.3 Å². The van der Waals surface area contributed by atoms with Crippen LogP contribution in [0.3, 0.4) is 0 Å². The number of aliphatic hydroxyl groups is 1. The van der Waals surface area contributed by atoms with Gasteiger partial charge in [-0.2, -0.15) is 0 Å². The molecule has 1 N–H and O–H groups in total.